The molecule has 1 atom stereocenters. The molecule has 0 bridgehead atoms. The molecule has 1 saturated heterocycles. The van der Waals surface area contributed by atoms with Crippen LogP contribution in [-0.2, 0) is 6.54 Å². The Kier molecular flexibility index (Phi) is 4.23. The van der Waals surface area contributed by atoms with Gasteiger partial charge < -0.3 is 15.2 Å². The van der Waals surface area contributed by atoms with Crippen molar-refractivity contribution in [1.82, 2.24) is 15.2 Å². The lowest BCUT2D eigenvalue weighted by atomic mass is 10.1. The van der Waals surface area contributed by atoms with Crippen LogP contribution in [-0.4, -0.2) is 29.6 Å². The van der Waals surface area contributed by atoms with Crippen LogP contribution in [0, 0.1) is 0 Å². The van der Waals surface area contributed by atoms with E-state index >= 15 is 0 Å². The lowest BCUT2D eigenvalue weighted by Crippen LogP contribution is -2.46. The van der Waals surface area contributed by atoms with Gasteiger partial charge in [0.05, 0.1) is 0 Å². The molecule has 1 amide bonds. The van der Waals surface area contributed by atoms with Gasteiger partial charge in [0.2, 0.25) is 0 Å². The van der Waals surface area contributed by atoms with Crippen molar-refractivity contribution in [3.63, 3.8) is 0 Å². The van der Waals surface area contributed by atoms with Crippen LogP contribution in [0.1, 0.15) is 30.3 Å². The number of nitrogens with zero attached hydrogens (tertiary/aromatic N) is 1. The van der Waals surface area contributed by atoms with Gasteiger partial charge in [0.15, 0.2) is 0 Å². The van der Waals surface area contributed by atoms with Gasteiger partial charge in [-0.25, -0.2) is 0 Å². The second kappa shape index (κ2) is 5.69. The standard InChI is InChI=1S/C12H18BrN3O/c1-2-16-8-9(13)6-11(16)12(17)15-10-4-3-5-14-7-10/h6,8,10,14H,2-5,7H2,1H3,(H,15,17)/t10-/m0/s1. The monoisotopic (exact) mass is 299 g/mol. The Hall–Kier alpha value is -0.810. The smallest absolute Gasteiger partial charge is 0.268 e. The van der Waals surface area contributed by atoms with Crippen molar-refractivity contribution < 1.29 is 4.79 Å². The van der Waals surface area contributed by atoms with Gasteiger partial charge in [-0.15, -0.1) is 0 Å². The van der Waals surface area contributed by atoms with E-state index in [2.05, 4.69) is 26.6 Å². The third-order valence-corrected chi connectivity index (χ3v) is 3.50. The maximum atomic E-state index is 12.1. The summed E-state index contributed by atoms with van der Waals surface area (Å²) in [6, 6.07) is 2.13. The average Bonchev–Trinajstić information content (AvgIpc) is 2.72. The lowest BCUT2D eigenvalue weighted by molar-refractivity contribution is 0.0921. The highest BCUT2D eigenvalue weighted by Gasteiger charge is 2.18. The number of halogens is 1. The van der Waals surface area contributed by atoms with Gasteiger partial charge in [-0.1, -0.05) is 0 Å². The van der Waals surface area contributed by atoms with Crippen molar-refractivity contribution in [3.8, 4) is 0 Å². The fraction of sp³-hybridized carbons (Fsp3) is 0.583. The number of nitrogens with one attached hydrogen (secondary N) is 2. The summed E-state index contributed by atoms with van der Waals surface area (Å²) in [7, 11) is 0. The number of aryl methyl sites for hydroxylation is 1. The summed E-state index contributed by atoms with van der Waals surface area (Å²) >= 11 is 3.40. The van der Waals surface area contributed by atoms with Crippen molar-refractivity contribution >= 4 is 21.8 Å². The molecule has 4 nitrogen and oxygen atoms in total. The molecule has 0 radical (unpaired) electrons. The van der Waals surface area contributed by atoms with Crippen LogP contribution in [0.4, 0.5) is 0 Å². The van der Waals surface area contributed by atoms with Crippen LogP contribution in [0.3, 0.4) is 0 Å². The molecule has 1 aromatic heterocycles. The first-order chi connectivity index (χ1) is 8.20. The van der Waals surface area contributed by atoms with Crippen LogP contribution < -0.4 is 10.6 Å². The molecular weight excluding hydrogens is 282 g/mol. The summed E-state index contributed by atoms with van der Waals surface area (Å²) in [5.41, 5.74) is 0.727. The number of amides is 1. The summed E-state index contributed by atoms with van der Waals surface area (Å²) in [4.78, 5) is 12.1. The number of piperidine rings is 1. The maximum absolute atomic E-state index is 12.1. The quantitative estimate of drug-likeness (QED) is 0.893. The number of hydrogen-bond acceptors (Lipinski definition) is 2. The van der Waals surface area contributed by atoms with Gasteiger partial charge in [0, 0.05) is 29.8 Å². The molecule has 2 rings (SSSR count). The Bertz CT molecular complexity index is 396. The van der Waals surface area contributed by atoms with Gasteiger partial charge >= 0.3 is 0 Å². The zero-order chi connectivity index (χ0) is 12.3. The molecule has 17 heavy (non-hydrogen) atoms. The Morgan fingerprint density at radius 3 is 3.18 bits per heavy atom. The van der Waals surface area contributed by atoms with Gasteiger partial charge in [-0.2, -0.15) is 0 Å². The number of hydrogen-bond donors (Lipinski definition) is 2. The molecule has 0 aliphatic carbocycles. The highest BCUT2D eigenvalue weighted by Crippen LogP contribution is 2.15. The molecule has 0 saturated carbocycles. The molecular formula is C12H18BrN3O. The van der Waals surface area contributed by atoms with Crippen molar-refractivity contribution in [3.05, 3.63) is 22.4 Å². The summed E-state index contributed by atoms with van der Waals surface area (Å²) in [6.45, 7) is 4.77. The van der Waals surface area contributed by atoms with Crippen LogP contribution in [0.25, 0.3) is 0 Å². The molecule has 1 aromatic rings. The third kappa shape index (κ3) is 3.10. The number of aromatic nitrogens is 1. The first-order valence-corrected chi connectivity index (χ1v) is 6.87. The Labute approximate surface area is 110 Å². The third-order valence-electron chi connectivity index (χ3n) is 3.07. The first-order valence-electron chi connectivity index (χ1n) is 6.08. The second-order valence-electron chi connectivity index (χ2n) is 4.35. The summed E-state index contributed by atoms with van der Waals surface area (Å²) in [5, 5.41) is 6.37. The highest BCUT2D eigenvalue weighted by molar-refractivity contribution is 9.10. The molecule has 0 spiro atoms. The van der Waals surface area contributed by atoms with E-state index in [9.17, 15) is 4.79 Å². The largest absolute Gasteiger partial charge is 0.347 e. The molecule has 94 valence electrons. The van der Waals surface area contributed by atoms with E-state index in [1.165, 1.54) is 0 Å². The van der Waals surface area contributed by atoms with E-state index in [0.717, 1.165) is 42.6 Å². The van der Waals surface area contributed by atoms with E-state index in [1.54, 1.807) is 0 Å². The Morgan fingerprint density at radius 2 is 2.53 bits per heavy atom. The van der Waals surface area contributed by atoms with Crippen LogP contribution in [0.5, 0.6) is 0 Å². The molecule has 0 aromatic carbocycles. The van der Waals surface area contributed by atoms with Crippen LogP contribution >= 0.6 is 15.9 Å². The molecule has 1 fully saturated rings. The minimum Gasteiger partial charge on any atom is -0.347 e. The van der Waals surface area contributed by atoms with Gasteiger partial charge in [0.25, 0.3) is 5.91 Å². The summed E-state index contributed by atoms with van der Waals surface area (Å²) < 4.78 is 2.90. The second-order valence-corrected chi connectivity index (χ2v) is 5.26. The summed E-state index contributed by atoms with van der Waals surface area (Å²) in [6.07, 6.45) is 4.13. The average molecular weight is 300 g/mol. The van der Waals surface area contributed by atoms with E-state index in [1.807, 2.05) is 23.8 Å². The maximum Gasteiger partial charge on any atom is 0.268 e. The van der Waals surface area contributed by atoms with E-state index in [-0.39, 0.29) is 11.9 Å². The van der Waals surface area contributed by atoms with E-state index in [0.29, 0.717) is 0 Å². The van der Waals surface area contributed by atoms with Crippen molar-refractivity contribution in [2.24, 2.45) is 0 Å². The van der Waals surface area contributed by atoms with E-state index in [4.69, 9.17) is 0 Å². The Morgan fingerprint density at radius 1 is 1.71 bits per heavy atom. The molecule has 0 unspecified atom stereocenters. The number of carbonyl (C=O) groups is 1. The lowest BCUT2D eigenvalue weighted by Gasteiger charge is -2.23. The topological polar surface area (TPSA) is 46.1 Å². The van der Waals surface area contributed by atoms with Gasteiger partial charge in [-0.05, 0) is 48.3 Å². The Balaban J connectivity index is 2.02. The molecule has 5 heteroatoms. The van der Waals surface area contributed by atoms with Crippen molar-refractivity contribution in [2.75, 3.05) is 13.1 Å². The fourth-order valence-corrected chi connectivity index (χ4v) is 2.63. The van der Waals surface area contributed by atoms with E-state index < -0.39 is 0 Å². The van der Waals surface area contributed by atoms with Crippen molar-refractivity contribution in [1.29, 1.82) is 0 Å². The molecule has 1 aliphatic heterocycles. The van der Waals surface area contributed by atoms with Crippen LogP contribution in [0.2, 0.25) is 0 Å². The fourth-order valence-electron chi connectivity index (χ4n) is 2.16. The first kappa shape index (κ1) is 12.6. The predicted octanol–water partition coefficient (Wildman–Crippen LogP) is 1.75. The molecule has 2 heterocycles. The molecule has 1 aliphatic rings. The van der Waals surface area contributed by atoms with Gasteiger partial charge in [-0.3, -0.25) is 4.79 Å². The van der Waals surface area contributed by atoms with Gasteiger partial charge in [0.1, 0.15) is 5.69 Å². The minimum atomic E-state index is 0.0197. The SMILES string of the molecule is CCn1cc(Br)cc1C(=O)N[C@H]1CCCNC1. The van der Waals surface area contributed by atoms with Crippen LogP contribution in [0.15, 0.2) is 16.7 Å². The number of carbonyl (C=O) groups excluding carboxylic acids is 1. The number of rotatable bonds is 3. The normalized spacial score (nSPS) is 20.2. The zero-order valence-corrected chi connectivity index (χ0v) is 11.6. The highest BCUT2D eigenvalue weighted by atomic mass is 79.9. The zero-order valence-electron chi connectivity index (χ0n) is 10.0. The minimum absolute atomic E-state index is 0.0197. The van der Waals surface area contributed by atoms with Crippen molar-refractivity contribution in [2.45, 2.75) is 32.4 Å². The molecule has 2 N–H and O–H groups in total. The summed E-state index contributed by atoms with van der Waals surface area (Å²) in [5.74, 6) is 0.0197. The predicted molar refractivity (Wildman–Crippen MR) is 71.2 cm³/mol.